The van der Waals surface area contributed by atoms with Crippen LogP contribution in [0.3, 0.4) is 0 Å². The Kier molecular flexibility index (Phi) is 2.92. The Bertz CT molecular complexity index is 412. The van der Waals surface area contributed by atoms with Crippen LogP contribution in [0.1, 0.15) is 18.5 Å². The Balaban J connectivity index is 1.94. The Morgan fingerprint density at radius 2 is 2.29 bits per heavy atom. The van der Waals surface area contributed by atoms with Crippen molar-refractivity contribution in [2.75, 3.05) is 13.7 Å². The van der Waals surface area contributed by atoms with Gasteiger partial charge >= 0.3 is 6.09 Å². The fourth-order valence-corrected chi connectivity index (χ4v) is 1.68. The van der Waals surface area contributed by atoms with Crippen molar-refractivity contribution in [3.05, 3.63) is 24.0 Å². The molecule has 0 aromatic carbocycles. The van der Waals surface area contributed by atoms with Gasteiger partial charge in [-0.2, -0.15) is 0 Å². The fourth-order valence-electron chi connectivity index (χ4n) is 1.68. The SMILES string of the molecule is Cc1ccc(OCC2(N(C)C(=O)O)CC2)cn1. The predicted molar refractivity (Wildman–Crippen MR) is 62.2 cm³/mol. The molecule has 1 aliphatic carbocycles. The summed E-state index contributed by atoms with van der Waals surface area (Å²) in [4.78, 5) is 16.4. The van der Waals surface area contributed by atoms with Crippen molar-refractivity contribution in [2.24, 2.45) is 0 Å². The van der Waals surface area contributed by atoms with Gasteiger partial charge in [0.05, 0.1) is 11.7 Å². The normalized spacial score (nSPS) is 16.4. The first-order chi connectivity index (χ1) is 8.03. The molecule has 5 nitrogen and oxygen atoms in total. The summed E-state index contributed by atoms with van der Waals surface area (Å²) in [5.41, 5.74) is 0.595. The molecule has 1 aromatic heterocycles. The number of likely N-dealkylation sites (N-methyl/N-ethyl adjacent to an activating group) is 1. The maximum atomic E-state index is 10.9. The minimum Gasteiger partial charge on any atom is -0.490 e. The van der Waals surface area contributed by atoms with Crippen LogP contribution in [0.15, 0.2) is 18.3 Å². The molecule has 17 heavy (non-hydrogen) atoms. The molecule has 0 unspecified atom stereocenters. The van der Waals surface area contributed by atoms with Crippen molar-refractivity contribution >= 4 is 6.09 Å². The summed E-state index contributed by atoms with van der Waals surface area (Å²) in [6, 6.07) is 3.72. The highest BCUT2D eigenvalue weighted by Gasteiger charge is 2.49. The third kappa shape index (κ3) is 2.49. The minimum absolute atomic E-state index is 0.337. The van der Waals surface area contributed by atoms with Gasteiger partial charge in [0.15, 0.2) is 0 Å². The number of aryl methyl sites for hydroxylation is 1. The summed E-state index contributed by atoms with van der Waals surface area (Å²) in [6.07, 6.45) is 2.46. The lowest BCUT2D eigenvalue weighted by molar-refractivity contribution is 0.109. The summed E-state index contributed by atoms with van der Waals surface area (Å²) in [7, 11) is 1.59. The van der Waals surface area contributed by atoms with Crippen LogP contribution in [0.4, 0.5) is 4.79 Å². The lowest BCUT2D eigenvalue weighted by Crippen LogP contribution is -2.42. The zero-order valence-corrected chi connectivity index (χ0v) is 10.0. The van der Waals surface area contributed by atoms with Crippen LogP contribution in [-0.2, 0) is 0 Å². The van der Waals surface area contributed by atoms with Crippen LogP contribution in [0.2, 0.25) is 0 Å². The average Bonchev–Trinajstić information content (AvgIpc) is 3.08. The van der Waals surface area contributed by atoms with Gasteiger partial charge in [0.1, 0.15) is 12.4 Å². The molecule has 1 aliphatic rings. The predicted octanol–water partition coefficient (Wildman–Crippen LogP) is 1.91. The van der Waals surface area contributed by atoms with E-state index in [2.05, 4.69) is 4.98 Å². The summed E-state index contributed by atoms with van der Waals surface area (Å²) in [6.45, 7) is 2.30. The quantitative estimate of drug-likeness (QED) is 0.867. The molecular formula is C12H16N2O3. The number of pyridine rings is 1. The van der Waals surface area contributed by atoms with E-state index >= 15 is 0 Å². The van der Waals surface area contributed by atoms with Crippen LogP contribution in [0.25, 0.3) is 0 Å². The molecular weight excluding hydrogens is 220 g/mol. The molecule has 5 heteroatoms. The van der Waals surface area contributed by atoms with E-state index in [1.165, 1.54) is 4.90 Å². The van der Waals surface area contributed by atoms with E-state index in [9.17, 15) is 4.79 Å². The van der Waals surface area contributed by atoms with Crippen molar-refractivity contribution in [2.45, 2.75) is 25.3 Å². The number of amides is 1. The van der Waals surface area contributed by atoms with Gasteiger partial charge in [-0.05, 0) is 31.9 Å². The van der Waals surface area contributed by atoms with Crippen molar-refractivity contribution in [1.29, 1.82) is 0 Å². The second-order valence-electron chi connectivity index (χ2n) is 4.49. The van der Waals surface area contributed by atoms with E-state index in [1.54, 1.807) is 13.2 Å². The third-order valence-corrected chi connectivity index (χ3v) is 3.22. The van der Waals surface area contributed by atoms with Crippen LogP contribution in [-0.4, -0.2) is 40.3 Å². The van der Waals surface area contributed by atoms with Gasteiger partial charge in [-0.1, -0.05) is 0 Å². The Morgan fingerprint density at radius 1 is 1.59 bits per heavy atom. The number of nitrogens with zero attached hydrogens (tertiary/aromatic N) is 2. The third-order valence-electron chi connectivity index (χ3n) is 3.22. The van der Waals surface area contributed by atoms with Crippen molar-refractivity contribution in [3.63, 3.8) is 0 Å². The molecule has 0 aliphatic heterocycles. The summed E-state index contributed by atoms with van der Waals surface area (Å²) >= 11 is 0. The molecule has 0 spiro atoms. The molecule has 1 amide bonds. The first kappa shape index (κ1) is 11.7. The largest absolute Gasteiger partial charge is 0.490 e. The highest BCUT2D eigenvalue weighted by atomic mass is 16.5. The van der Waals surface area contributed by atoms with Gasteiger partial charge < -0.3 is 14.7 Å². The van der Waals surface area contributed by atoms with Crippen molar-refractivity contribution < 1.29 is 14.6 Å². The molecule has 0 saturated heterocycles. The monoisotopic (exact) mass is 236 g/mol. The number of ether oxygens (including phenoxy) is 1. The summed E-state index contributed by atoms with van der Waals surface area (Å²) < 4.78 is 5.59. The molecule has 1 aromatic rings. The second-order valence-corrected chi connectivity index (χ2v) is 4.49. The Labute approximate surface area is 100 Å². The van der Waals surface area contributed by atoms with E-state index in [-0.39, 0.29) is 5.54 Å². The van der Waals surface area contributed by atoms with Gasteiger partial charge in [0.25, 0.3) is 0 Å². The Morgan fingerprint density at radius 3 is 2.76 bits per heavy atom. The van der Waals surface area contributed by atoms with Crippen LogP contribution < -0.4 is 4.74 Å². The summed E-state index contributed by atoms with van der Waals surface area (Å²) in [5, 5.41) is 8.95. The minimum atomic E-state index is -0.909. The molecule has 2 rings (SSSR count). The van der Waals surface area contributed by atoms with E-state index in [0.29, 0.717) is 12.4 Å². The first-order valence-corrected chi connectivity index (χ1v) is 5.56. The molecule has 0 atom stereocenters. The van der Waals surface area contributed by atoms with E-state index in [4.69, 9.17) is 9.84 Å². The van der Waals surface area contributed by atoms with Gasteiger partial charge in [-0.3, -0.25) is 4.98 Å². The highest BCUT2D eigenvalue weighted by Crippen LogP contribution is 2.41. The Hall–Kier alpha value is -1.78. The maximum Gasteiger partial charge on any atom is 0.407 e. The molecule has 1 heterocycles. The number of carbonyl (C=O) groups is 1. The van der Waals surface area contributed by atoms with Gasteiger partial charge in [0, 0.05) is 12.7 Å². The van der Waals surface area contributed by atoms with Crippen LogP contribution in [0.5, 0.6) is 5.75 Å². The van der Waals surface area contributed by atoms with Gasteiger partial charge in [0.2, 0.25) is 0 Å². The molecule has 0 radical (unpaired) electrons. The highest BCUT2D eigenvalue weighted by molar-refractivity contribution is 5.66. The van der Waals surface area contributed by atoms with Crippen molar-refractivity contribution in [1.82, 2.24) is 9.88 Å². The van der Waals surface area contributed by atoms with E-state index in [0.717, 1.165) is 18.5 Å². The van der Waals surface area contributed by atoms with Gasteiger partial charge in [-0.15, -0.1) is 0 Å². The average molecular weight is 236 g/mol. The number of hydrogen-bond donors (Lipinski definition) is 1. The van der Waals surface area contributed by atoms with E-state index < -0.39 is 6.09 Å². The zero-order chi connectivity index (χ0) is 12.5. The second kappa shape index (κ2) is 4.24. The van der Waals surface area contributed by atoms with E-state index in [1.807, 2.05) is 19.1 Å². The molecule has 92 valence electrons. The maximum absolute atomic E-state index is 10.9. The zero-order valence-electron chi connectivity index (χ0n) is 10.0. The topological polar surface area (TPSA) is 62.7 Å². The smallest absolute Gasteiger partial charge is 0.407 e. The number of aromatic nitrogens is 1. The number of hydrogen-bond acceptors (Lipinski definition) is 3. The summed E-state index contributed by atoms with van der Waals surface area (Å²) in [5.74, 6) is 0.681. The van der Waals surface area contributed by atoms with Crippen LogP contribution in [0, 0.1) is 6.92 Å². The standard InChI is InChI=1S/C12H16N2O3/c1-9-3-4-10(7-13-9)17-8-12(5-6-12)14(2)11(15)16/h3-4,7H,5-6,8H2,1-2H3,(H,15,16). The van der Waals surface area contributed by atoms with Crippen molar-refractivity contribution in [3.8, 4) is 5.75 Å². The fraction of sp³-hybridized carbons (Fsp3) is 0.500. The first-order valence-electron chi connectivity index (χ1n) is 5.56. The lowest BCUT2D eigenvalue weighted by atomic mass is 10.2. The molecule has 1 saturated carbocycles. The molecule has 1 fully saturated rings. The van der Waals surface area contributed by atoms with Crippen LogP contribution >= 0.6 is 0 Å². The number of rotatable bonds is 4. The molecule has 1 N–H and O–H groups in total. The number of carboxylic acid groups (broad SMARTS) is 1. The molecule has 0 bridgehead atoms. The lowest BCUT2D eigenvalue weighted by Gasteiger charge is -2.25. The van der Waals surface area contributed by atoms with Gasteiger partial charge in [-0.25, -0.2) is 4.79 Å².